The fraction of sp³-hybridized carbons (Fsp3) is 0.917. The van der Waals surface area contributed by atoms with Crippen molar-refractivity contribution in [3.8, 4) is 0 Å². The average molecular weight is 230 g/mol. The molecule has 94 valence electrons. The minimum Gasteiger partial charge on any atom is -0.379 e. The molecule has 0 aromatic heterocycles. The summed E-state index contributed by atoms with van der Waals surface area (Å²) in [6.45, 7) is 7.66. The van der Waals surface area contributed by atoms with Gasteiger partial charge in [0.25, 0.3) is 0 Å². The minimum atomic E-state index is -0.281. The lowest BCUT2D eigenvalue weighted by molar-refractivity contribution is -0.153. The number of hydrogen-bond donors (Lipinski definition) is 0. The van der Waals surface area contributed by atoms with Gasteiger partial charge in [0.05, 0.1) is 25.4 Å². The van der Waals surface area contributed by atoms with E-state index in [0.29, 0.717) is 26.2 Å². The van der Waals surface area contributed by atoms with Crippen LogP contribution in [0.4, 0.5) is 0 Å². The zero-order chi connectivity index (χ0) is 12.0. The van der Waals surface area contributed by atoms with Crippen LogP contribution in [0.25, 0.3) is 0 Å². The van der Waals surface area contributed by atoms with Crippen molar-refractivity contribution >= 4 is 5.78 Å². The monoisotopic (exact) mass is 230 g/mol. The summed E-state index contributed by atoms with van der Waals surface area (Å²) >= 11 is 0. The predicted molar refractivity (Wildman–Crippen MR) is 60.5 cm³/mol. The van der Waals surface area contributed by atoms with Gasteiger partial charge in [-0.1, -0.05) is 0 Å². The van der Waals surface area contributed by atoms with Gasteiger partial charge in [0, 0.05) is 13.0 Å². The summed E-state index contributed by atoms with van der Waals surface area (Å²) in [7, 11) is 0. The first-order chi connectivity index (χ1) is 7.65. The third-order valence-electron chi connectivity index (χ3n) is 2.84. The Hall–Kier alpha value is -0.450. The van der Waals surface area contributed by atoms with E-state index in [9.17, 15) is 4.79 Å². The predicted octanol–water partition coefficient (Wildman–Crippen LogP) is 1.56. The molecule has 0 aromatic carbocycles. The van der Waals surface area contributed by atoms with Crippen molar-refractivity contribution < 1.29 is 19.0 Å². The van der Waals surface area contributed by atoms with Gasteiger partial charge in [-0.25, -0.2) is 0 Å². The highest BCUT2D eigenvalue weighted by Crippen LogP contribution is 2.20. The molecule has 4 heteroatoms. The van der Waals surface area contributed by atoms with E-state index in [1.54, 1.807) is 6.92 Å². The van der Waals surface area contributed by atoms with E-state index in [1.165, 1.54) is 0 Å². The first-order valence-electron chi connectivity index (χ1n) is 6.02. The molecule has 0 saturated carbocycles. The number of carbonyl (C=O) groups is 1. The molecule has 0 radical (unpaired) electrons. The second kappa shape index (κ2) is 6.99. The van der Waals surface area contributed by atoms with Crippen molar-refractivity contribution in [1.82, 2.24) is 0 Å². The van der Waals surface area contributed by atoms with Crippen molar-refractivity contribution in [3.05, 3.63) is 0 Å². The van der Waals surface area contributed by atoms with E-state index in [4.69, 9.17) is 14.2 Å². The van der Waals surface area contributed by atoms with Gasteiger partial charge in [0.15, 0.2) is 5.78 Å². The Morgan fingerprint density at radius 1 is 1.50 bits per heavy atom. The smallest absolute Gasteiger partial charge is 0.161 e. The Balaban J connectivity index is 2.21. The third-order valence-corrected chi connectivity index (χ3v) is 2.84. The highest BCUT2D eigenvalue weighted by Gasteiger charge is 2.29. The van der Waals surface area contributed by atoms with Gasteiger partial charge in [-0.15, -0.1) is 0 Å². The van der Waals surface area contributed by atoms with Gasteiger partial charge < -0.3 is 14.2 Å². The maximum Gasteiger partial charge on any atom is 0.161 e. The second-order valence-electron chi connectivity index (χ2n) is 4.09. The number of ether oxygens (including phenoxy) is 3. The van der Waals surface area contributed by atoms with E-state index in [-0.39, 0.29) is 24.1 Å². The molecular weight excluding hydrogens is 208 g/mol. The van der Waals surface area contributed by atoms with Gasteiger partial charge in [0.1, 0.15) is 6.10 Å². The van der Waals surface area contributed by atoms with E-state index in [2.05, 4.69) is 0 Å². The Morgan fingerprint density at radius 3 is 2.88 bits per heavy atom. The fourth-order valence-electron chi connectivity index (χ4n) is 1.78. The molecule has 0 aliphatic carbocycles. The summed E-state index contributed by atoms with van der Waals surface area (Å²) in [6, 6.07) is 0. The van der Waals surface area contributed by atoms with E-state index in [0.717, 1.165) is 6.42 Å². The van der Waals surface area contributed by atoms with Crippen LogP contribution in [0.1, 0.15) is 33.6 Å². The summed E-state index contributed by atoms with van der Waals surface area (Å²) < 4.78 is 16.4. The molecule has 1 aliphatic heterocycles. The quantitative estimate of drug-likeness (QED) is 0.650. The molecule has 1 fully saturated rings. The van der Waals surface area contributed by atoms with Gasteiger partial charge in [0.2, 0.25) is 0 Å². The summed E-state index contributed by atoms with van der Waals surface area (Å²) in [6.07, 6.45) is 1.14. The molecule has 4 nitrogen and oxygen atoms in total. The second-order valence-corrected chi connectivity index (χ2v) is 4.09. The Morgan fingerprint density at radius 2 is 2.25 bits per heavy atom. The zero-order valence-electron chi connectivity index (χ0n) is 10.4. The third kappa shape index (κ3) is 4.20. The fourth-order valence-corrected chi connectivity index (χ4v) is 1.78. The summed E-state index contributed by atoms with van der Waals surface area (Å²) in [5, 5.41) is 0. The molecule has 0 aromatic rings. The molecule has 0 N–H and O–H groups in total. The van der Waals surface area contributed by atoms with Crippen molar-refractivity contribution in [3.63, 3.8) is 0 Å². The van der Waals surface area contributed by atoms with Crippen molar-refractivity contribution in [2.75, 3.05) is 19.8 Å². The Kier molecular flexibility index (Phi) is 5.95. The van der Waals surface area contributed by atoms with Gasteiger partial charge >= 0.3 is 0 Å². The van der Waals surface area contributed by atoms with Gasteiger partial charge in [-0.3, -0.25) is 4.79 Å². The van der Waals surface area contributed by atoms with Crippen LogP contribution >= 0.6 is 0 Å². The van der Waals surface area contributed by atoms with E-state index in [1.807, 2.05) is 13.8 Å². The number of ketones is 1. The molecule has 3 unspecified atom stereocenters. The number of rotatable bonds is 6. The molecule has 3 atom stereocenters. The summed E-state index contributed by atoms with van der Waals surface area (Å²) in [5.41, 5.74) is 0. The normalized spacial score (nSPS) is 28.1. The Bertz CT molecular complexity index is 217. The molecule has 1 aliphatic rings. The summed E-state index contributed by atoms with van der Waals surface area (Å²) in [4.78, 5) is 11.3. The standard InChI is InChI=1S/C12H22O4/c1-4-14-7-8-15-10(3)12-6-5-11(13)9(2)16-12/h9-10,12H,4-8H2,1-3H3. The number of Topliss-reactive ketones (excluding diaryl/α,β-unsaturated/α-hetero) is 1. The minimum absolute atomic E-state index is 0.0241. The lowest BCUT2D eigenvalue weighted by Gasteiger charge is -2.31. The highest BCUT2D eigenvalue weighted by molar-refractivity contribution is 5.83. The van der Waals surface area contributed by atoms with Crippen molar-refractivity contribution in [1.29, 1.82) is 0 Å². The molecule has 1 rings (SSSR count). The SMILES string of the molecule is CCOCCOC(C)C1CCC(=O)C(C)O1. The van der Waals surface area contributed by atoms with Crippen LogP contribution in [-0.2, 0) is 19.0 Å². The van der Waals surface area contributed by atoms with Crippen LogP contribution in [0, 0.1) is 0 Å². The molecule has 1 saturated heterocycles. The van der Waals surface area contributed by atoms with E-state index >= 15 is 0 Å². The Labute approximate surface area is 97.2 Å². The zero-order valence-corrected chi connectivity index (χ0v) is 10.4. The van der Waals surface area contributed by atoms with Crippen LogP contribution in [0.3, 0.4) is 0 Å². The average Bonchev–Trinajstić information content (AvgIpc) is 2.28. The first kappa shape index (κ1) is 13.6. The van der Waals surface area contributed by atoms with Crippen LogP contribution in [0.15, 0.2) is 0 Å². The maximum absolute atomic E-state index is 11.3. The van der Waals surface area contributed by atoms with Gasteiger partial charge in [-0.05, 0) is 27.2 Å². The van der Waals surface area contributed by atoms with Gasteiger partial charge in [-0.2, -0.15) is 0 Å². The van der Waals surface area contributed by atoms with Crippen molar-refractivity contribution in [2.24, 2.45) is 0 Å². The van der Waals surface area contributed by atoms with Crippen LogP contribution < -0.4 is 0 Å². The first-order valence-corrected chi connectivity index (χ1v) is 6.02. The largest absolute Gasteiger partial charge is 0.379 e. The molecule has 0 spiro atoms. The molecular formula is C12H22O4. The van der Waals surface area contributed by atoms with Crippen molar-refractivity contribution in [2.45, 2.75) is 51.9 Å². The lowest BCUT2D eigenvalue weighted by atomic mass is 10.0. The molecule has 1 heterocycles. The summed E-state index contributed by atoms with van der Waals surface area (Å²) in [5.74, 6) is 0.192. The topological polar surface area (TPSA) is 44.8 Å². The number of hydrogen-bond acceptors (Lipinski definition) is 4. The lowest BCUT2D eigenvalue weighted by Crippen LogP contribution is -2.40. The molecule has 0 bridgehead atoms. The highest BCUT2D eigenvalue weighted by atomic mass is 16.6. The number of carbonyl (C=O) groups excluding carboxylic acids is 1. The molecule has 0 amide bonds. The molecule has 16 heavy (non-hydrogen) atoms. The van der Waals surface area contributed by atoms with Crippen LogP contribution in [0.5, 0.6) is 0 Å². The van der Waals surface area contributed by atoms with Crippen LogP contribution in [-0.4, -0.2) is 43.9 Å². The van der Waals surface area contributed by atoms with E-state index < -0.39 is 0 Å². The van der Waals surface area contributed by atoms with Crippen LogP contribution in [0.2, 0.25) is 0 Å². The maximum atomic E-state index is 11.3.